The predicted octanol–water partition coefficient (Wildman–Crippen LogP) is 0.706. The van der Waals surface area contributed by atoms with Crippen molar-refractivity contribution < 1.29 is 8.42 Å². The summed E-state index contributed by atoms with van der Waals surface area (Å²) in [5, 5.41) is 2.93. The third-order valence-electron chi connectivity index (χ3n) is 3.36. The Morgan fingerprint density at radius 2 is 1.89 bits per heavy atom. The summed E-state index contributed by atoms with van der Waals surface area (Å²) in [5.41, 5.74) is 5.38. The lowest BCUT2D eigenvalue weighted by Crippen LogP contribution is -2.42. The Morgan fingerprint density at radius 1 is 1.33 bits per heavy atom. The average Bonchev–Trinajstić information content (AvgIpc) is 2.27. The highest BCUT2D eigenvalue weighted by molar-refractivity contribution is 7.90. The second-order valence-electron chi connectivity index (χ2n) is 5.17. The van der Waals surface area contributed by atoms with Crippen LogP contribution in [0.15, 0.2) is 0 Å². The van der Waals surface area contributed by atoms with Crippen molar-refractivity contribution in [3.63, 3.8) is 0 Å². The van der Waals surface area contributed by atoms with Gasteiger partial charge < -0.3 is 11.1 Å². The van der Waals surface area contributed by atoms with Gasteiger partial charge in [0.15, 0.2) is 5.11 Å². The fourth-order valence-corrected chi connectivity index (χ4v) is 3.15. The third-order valence-corrected chi connectivity index (χ3v) is 5.41. The van der Waals surface area contributed by atoms with E-state index in [1.54, 1.807) is 13.8 Å². The zero-order chi connectivity index (χ0) is 13.8. The topological polar surface area (TPSA) is 84.2 Å². The van der Waals surface area contributed by atoms with Crippen molar-refractivity contribution in [3.8, 4) is 0 Å². The van der Waals surface area contributed by atoms with Crippen LogP contribution in [0.2, 0.25) is 0 Å². The van der Waals surface area contributed by atoms with Gasteiger partial charge in [0.1, 0.15) is 0 Å². The Morgan fingerprint density at radius 3 is 2.33 bits per heavy atom. The van der Waals surface area contributed by atoms with E-state index in [0.717, 1.165) is 32.2 Å². The van der Waals surface area contributed by atoms with Gasteiger partial charge in [0.25, 0.3) is 0 Å². The summed E-state index contributed by atoms with van der Waals surface area (Å²) in [6.45, 7) is 4.18. The molecule has 0 amide bonds. The lowest BCUT2D eigenvalue weighted by Gasteiger charge is -2.29. The first-order valence-electron chi connectivity index (χ1n) is 6.35. The zero-order valence-electron chi connectivity index (χ0n) is 11.0. The van der Waals surface area contributed by atoms with E-state index in [0.29, 0.717) is 11.0 Å². The molecule has 1 aliphatic carbocycles. The van der Waals surface area contributed by atoms with Crippen molar-refractivity contribution in [2.75, 3.05) is 6.54 Å². The van der Waals surface area contributed by atoms with E-state index in [1.165, 1.54) is 0 Å². The Labute approximate surface area is 115 Å². The van der Waals surface area contributed by atoms with Gasteiger partial charge in [0.05, 0.1) is 5.25 Å². The molecule has 0 aliphatic heterocycles. The van der Waals surface area contributed by atoms with Gasteiger partial charge in [-0.3, -0.25) is 0 Å². The minimum atomic E-state index is -3.15. The van der Waals surface area contributed by atoms with Crippen LogP contribution in [0.3, 0.4) is 0 Å². The van der Waals surface area contributed by atoms with Crippen LogP contribution in [0, 0.1) is 5.92 Å². The van der Waals surface area contributed by atoms with E-state index < -0.39 is 10.0 Å². The number of hydrogen-bond acceptors (Lipinski definition) is 3. The summed E-state index contributed by atoms with van der Waals surface area (Å²) in [7, 11) is -3.15. The van der Waals surface area contributed by atoms with Crippen molar-refractivity contribution in [1.82, 2.24) is 10.0 Å². The highest BCUT2D eigenvalue weighted by Crippen LogP contribution is 2.24. The molecule has 7 heteroatoms. The highest BCUT2D eigenvalue weighted by atomic mass is 32.2. The molecule has 4 N–H and O–H groups in total. The SMILES string of the molecule is CC(C)S(=O)(=O)N[C@H]1CC[C@H](CNC(N)=S)CC1. The molecular formula is C11H23N3O2S2. The van der Waals surface area contributed by atoms with Gasteiger partial charge in [-0.15, -0.1) is 0 Å². The molecule has 5 nitrogen and oxygen atoms in total. The summed E-state index contributed by atoms with van der Waals surface area (Å²) >= 11 is 4.76. The number of nitrogens with one attached hydrogen (secondary N) is 2. The van der Waals surface area contributed by atoms with E-state index in [-0.39, 0.29) is 11.3 Å². The monoisotopic (exact) mass is 293 g/mol. The molecular weight excluding hydrogens is 270 g/mol. The number of thiocarbonyl (C=S) groups is 1. The Hall–Kier alpha value is -0.400. The minimum Gasteiger partial charge on any atom is -0.376 e. The van der Waals surface area contributed by atoms with Crippen molar-refractivity contribution >= 4 is 27.4 Å². The lowest BCUT2D eigenvalue weighted by molar-refractivity contribution is 0.312. The van der Waals surface area contributed by atoms with Crippen LogP contribution < -0.4 is 15.8 Å². The molecule has 1 saturated carbocycles. The summed E-state index contributed by atoms with van der Waals surface area (Å²) < 4.78 is 26.3. The Bertz CT molecular complexity index is 374. The van der Waals surface area contributed by atoms with Crippen LogP contribution in [0.1, 0.15) is 39.5 Å². The number of hydrogen-bond donors (Lipinski definition) is 3. The third kappa shape index (κ3) is 5.07. The molecule has 0 aromatic heterocycles. The van der Waals surface area contributed by atoms with Crippen LogP contribution in [0.5, 0.6) is 0 Å². The maximum absolute atomic E-state index is 11.7. The molecule has 0 aromatic carbocycles. The summed E-state index contributed by atoms with van der Waals surface area (Å²) in [6, 6.07) is 0.0819. The predicted molar refractivity (Wildman–Crippen MR) is 77.7 cm³/mol. The van der Waals surface area contributed by atoms with Crippen LogP contribution >= 0.6 is 12.2 Å². The van der Waals surface area contributed by atoms with Gasteiger partial charge in [0.2, 0.25) is 10.0 Å². The smallest absolute Gasteiger partial charge is 0.214 e. The van der Waals surface area contributed by atoms with Crippen molar-refractivity contribution in [3.05, 3.63) is 0 Å². The minimum absolute atomic E-state index is 0.0819. The Kier molecular flexibility index (Phi) is 5.81. The molecule has 0 bridgehead atoms. The van der Waals surface area contributed by atoms with Crippen molar-refractivity contribution in [1.29, 1.82) is 0 Å². The maximum Gasteiger partial charge on any atom is 0.214 e. The largest absolute Gasteiger partial charge is 0.376 e. The van der Waals surface area contributed by atoms with Crippen LogP contribution in [0.25, 0.3) is 0 Å². The molecule has 1 fully saturated rings. The van der Waals surface area contributed by atoms with Gasteiger partial charge >= 0.3 is 0 Å². The van der Waals surface area contributed by atoms with E-state index in [4.69, 9.17) is 18.0 Å². The molecule has 1 rings (SSSR count). The summed E-state index contributed by atoms with van der Waals surface area (Å²) in [5.74, 6) is 0.534. The molecule has 0 heterocycles. The van der Waals surface area contributed by atoms with Gasteiger partial charge in [-0.05, 0) is 57.7 Å². The molecule has 1 aliphatic rings. The van der Waals surface area contributed by atoms with Crippen molar-refractivity contribution in [2.45, 2.75) is 50.8 Å². The second kappa shape index (κ2) is 6.68. The molecule has 0 spiro atoms. The van der Waals surface area contributed by atoms with Crippen LogP contribution in [-0.4, -0.2) is 31.4 Å². The van der Waals surface area contributed by atoms with Gasteiger partial charge in [-0.2, -0.15) is 0 Å². The molecule has 106 valence electrons. The maximum atomic E-state index is 11.7. The molecule has 0 radical (unpaired) electrons. The van der Waals surface area contributed by atoms with E-state index >= 15 is 0 Å². The Balaban J connectivity index is 2.34. The second-order valence-corrected chi connectivity index (χ2v) is 7.88. The first kappa shape index (κ1) is 15.7. The van der Waals surface area contributed by atoms with Gasteiger partial charge in [-0.1, -0.05) is 0 Å². The lowest BCUT2D eigenvalue weighted by atomic mass is 9.86. The average molecular weight is 293 g/mol. The fraction of sp³-hybridized carbons (Fsp3) is 0.909. The molecule has 0 saturated heterocycles. The van der Waals surface area contributed by atoms with E-state index in [2.05, 4.69) is 10.0 Å². The molecule has 18 heavy (non-hydrogen) atoms. The number of nitrogens with two attached hydrogens (primary N) is 1. The number of rotatable bonds is 5. The normalized spacial score (nSPS) is 25.1. The standard InChI is InChI=1S/C11H23N3O2S2/c1-8(2)18(15,16)14-10-5-3-9(4-6-10)7-13-11(12)17/h8-10,14H,3-7H2,1-2H3,(H3,12,13,17)/t9-,10-. The molecule has 0 aromatic rings. The van der Waals surface area contributed by atoms with Gasteiger partial charge in [-0.25, -0.2) is 13.1 Å². The first-order chi connectivity index (χ1) is 8.31. The van der Waals surface area contributed by atoms with Crippen molar-refractivity contribution in [2.24, 2.45) is 11.7 Å². The van der Waals surface area contributed by atoms with Crippen LogP contribution in [0.4, 0.5) is 0 Å². The highest BCUT2D eigenvalue weighted by Gasteiger charge is 2.26. The van der Waals surface area contributed by atoms with E-state index in [9.17, 15) is 8.42 Å². The fourth-order valence-electron chi connectivity index (χ4n) is 2.10. The summed E-state index contributed by atoms with van der Waals surface area (Å²) in [6.07, 6.45) is 3.77. The summed E-state index contributed by atoms with van der Waals surface area (Å²) in [4.78, 5) is 0. The first-order valence-corrected chi connectivity index (χ1v) is 8.31. The number of sulfonamides is 1. The zero-order valence-corrected chi connectivity index (χ0v) is 12.6. The quantitative estimate of drug-likeness (QED) is 0.650. The van der Waals surface area contributed by atoms with Gasteiger partial charge in [0, 0.05) is 12.6 Å². The molecule has 0 atom stereocenters. The van der Waals surface area contributed by atoms with E-state index in [1.807, 2.05) is 0 Å². The van der Waals surface area contributed by atoms with Crippen LogP contribution in [-0.2, 0) is 10.0 Å². The molecule has 0 unspecified atom stereocenters.